The van der Waals surface area contributed by atoms with E-state index in [4.69, 9.17) is 22.7 Å². The van der Waals surface area contributed by atoms with Gasteiger partial charge in [0.15, 0.2) is 0 Å². The Balaban J connectivity index is 2.26. The maximum Gasteiger partial charge on any atom is 0.312 e. The number of hydrogen-bond donors (Lipinski definition) is 1. The van der Waals surface area contributed by atoms with Crippen molar-refractivity contribution in [3.8, 4) is 5.75 Å². The summed E-state index contributed by atoms with van der Waals surface area (Å²) in [7, 11) is 3.17. The summed E-state index contributed by atoms with van der Waals surface area (Å²) < 4.78 is 5.29. The highest BCUT2D eigenvalue weighted by Gasteiger charge is 2.30. The van der Waals surface area contributed by atoms with Gasteiger partial charge in [-0.2, -0.15) is 0 Å². The lowest BCUT2D eigenvalue weighted by molar-refractivity contribution is -0.155. The molecule has 0 aromatic heterocycles. The summed E-state index contributed by atoms with van der Waals surface area (Å²) in [6, 6.07) is 5.31. The number of amides is 2. The zero-order valence-corrected chi connectivity index (χ0v) is 12.8. The number of hydrogen-bond acceptors (Lipinski definition) is 4. The number of likely N-dealkylation sites (N-methyl/N-ethyl adjacent to an activating group) is 1. The molecular formula is C14H17N3O3S. The van der Waals surface area contributed by atoms with Crippen LogP contribution in [0.2, 0.25) is 0 Å². The molecule has 0 radical (unpaired) electrons. The standard InChI is InChI=1S/C14H17N3O3S/c1-16-5-6-17(14(19)13(16)18)8-10-7-9(12(15)21)3-4-11(10)20-2/h3-4,7H,5-6,8H2,1-2H3,(H2,15,21). The van der Waals surface area contributed by atoms with Gasteiger partial charge in [-0.3, -0.25) is 9.59 Å². The number of ether oxygens (including phenoxy) is 1. The molecule has 0 atom stereocenters. The average molecular weight is 307 g/mol. The van der Waals surface area contributed by atoms with Crippen molar-refractivity contribution < 1.29 is 14.3 Å². The van der Waals surface area contributed by atoms with Gasteiger partial charge in [0, 0.05) is 37.8 Å². The molecule has 6 nitrogen and oxygen atoms in total. The maximum atomic E-state index is 12.0. The highest BCUT2D eigenvalue weighted by Crippen LogP contribution is 2.22. The number of thiocarbonyl (C=S) groups is 1. The number of carbonyl (C=O) groups excluding carboxylic acids is 2. The molecular weight excluding hydrogens is 290 g/mol. The number of benzene rings is 1. The van der Waals surface area contributed by atoms with Gasteiger partial charge in [-0.05, 0) is 18.2 Å². The van der Waals surface area contributed by atoms with Crippen LogP contribution in [0.4, 0.5) is 0 Å². The molecule has 2 amide bonds. The minimum atomic E-state index is -0.508. The Labute approximate surface area is 128 Å². The summed E-state index contributed by atoms with van der Waals surface area (Å²) in [5, 5.41) is 0. The predicted molar refractivity (Wildman–Crippen MR) is 81.9 cm³/mol. The molecule has 2 rings (SSSR count). The molecule has 1 aromatic carbocycles. The Hall–Kier alpha value is -2.15. The van der Waals surface area contributed by atoms with Gasteiger partial charge in [-0.25, -0.2) is 0 Å². The summed E-state index contributed by atoms with van der Waals surface area (Å²) in [4.78, 5) is 26.9. The van der Waals surface area contributed by atoms with E-state index < -0.39 is 11.8 Å². The maximum absolute atomic E-state index is 12.0. The SMILES string of the molecule is COc1ccc(C(N)=S)cc1CN1CCN(C)C(=O)C1=O. The van der Waals surface area contributed by atoms with Crippen LogP contribution in [-0.4, -0.2) is 53.8 Å². The Kier molecular flexibility index (Phi) is 4.42. The number of carbonyl (C=O) groups is 2. The third-order valence-corrected chi connectivity index (χ3v) is 3.68. The quantitative estimate of drug-likeness (QED) is 0.632. The monoisotopic (exact) mass is 307 g/mol. The summed E-state index contributed by atoms with van der Waals surface area (Å²) in [5.74, 6) is -0.369. The Morgan fingerprint density at radius 3 is 2.67 bits per heavy atom. The fourth-order valence-electron chi connectivity index (χ4n) is 2.18. The second kappa shape index (κ2) is 6.09. The van der Waals surface area contributed by atoms with E-state index in [1.165, 1.54) is 9.80 Å². The Morgan fingerprint density at radius 1 is 1.33 bits per heavy atom. The van der Waals surface area contributed by atoms with E-state index in [1.807, 2.05) is 0 Å². The van der Waals surface area contributed by atoms with Crippen molar-refractivity contribution in [2.45, 2.75) is 6.54 Å². The molecule has 1 fully saturated rings. The molecule has 0 saturated carbocycles. The molecule has 112 valence electrons. The zero-order chi connectivity index (χ0) is 15.6. The van der Waals surface area contributed by atoms with Gasteiger partial charge in [0.05, 0.1) is 7.11 Å². The smallest absolute Gasteiger partial charge is 0.312 e. The molecule has 21 heavy (non-hydrogen) atoms. The van der Waals surface area contributed by atoms with Crippen LogP contribution >= 0.6 is 12.2 Å². The van der Waals surface area contributed by atoms with Crippen LogP contribution in [0.25, 0.3) is 0 Å². The van der Waals surface area contributed by atoms with Crippen LogP contribution in [-0.2, 0) is 16.1 Å². The molecule has 1 aliphatic rings. The predicted octanol–water partition coefficient (Wildman–Crippen LogP) is 0.130. The van der Waals surface area contributed by atoms with E-state index in [0.717, 1.165) is 5.56 Å². The topological polar surface area (TPSA) is 75.9 Å². The summed E-state index contributed by atoms with van der Waals surface area (Å²) >= 11 is 4.96. The normalized spacial score (nSPS) is 15.3. The molecule has 0 aliphatic carbocycles. The lowest BCUT2D eigenvalue weighted by Gasteiger charge is -2.31. The average Bonchev–Trinajstić information content (AvgIpc) is 2.47. The van der Waals surface area contributed by atoms with Crippen LogP contribution < -0.4 is 10.5 Å². The van der Waals surface area contributed by atoms with E-state index in [0.29, 0.717) is 24.4 Å². The lowest BCUT2D eigenvalue weighted by Crippen LogP contribution is -2.52. The van der Waals surface area contributed by atoms with Crippen LogP contribution in [0.3, 0.4) is 0 Å². The zero-order valence-electron chi connectivity index (χ0n) is 12.0. The van der Waals surface area contributed by atoms with Crippen molar-refractivity contribution in [1.82, 2.24) is 9.80 Å². The van der Waals surface area contributed by atoms with Crippen LogP contribution in [0.15, 0.2) is 18.2 Å². The van der Waals surface area contributed by atoms with Gasteiger partial charge in [0.25, 0.3) is 0 Å². The first kappa shape index (κ1) is 15.2. The molecule has 7 heteroatoms. The lowest BCUT2D eigenvalue weighted by atomic mass is 10.1. The summed E-state index contributed by atoms with van der Waals surface area (Å²) in [6.07, 6.45) is 0. The van der Waals surface area contributed by atoms with Crippen molar-refractivity contribution in [3.63, 3.8) is 0 Å². The van der Waals surface area contributed by atoms with Crippen LogP contribution in [0, 0.1) is 0 Å². The summed E-state index contributed by atoms with van der Waals surface area (Å²) in [5.41, 5.74) is 7.10. The molecule has 2 N–H and O–H groups in total. The van der Waals surface area contributed by atoms with Crippen LogP contribution in [0.5, 0.6) is 5.75 Å². The van der Waals surface area contributed by atoms with Crippen molar-refractivity contribution in [1.29, 1.82) is 0 Å². The minimum Gasteiger partial charge on any atom is -0.496 e. The number of nitrogens with zero attached hydrogens (tertiary/aromatic N) is 2. The Bertz CT molecular complexity index is 603. The number of rotatable bonds is 4. The molecule has 1 saturated heterocycles. The third-order valence-electron chi connectivity index (χ3n) is 3.45. The number of nitrogens with two attached hydrogens (primary N) is 1. The minimum absolute atomic E-state index is 0.277. The fourth-order valence-corrected chi connectivity index (χ4v) is 2.31. The first-order valence-electron chi connectivity index (χ1n) is 6.45. The number of methoxy groups -OCH3 is 1. The van der Waals surface area contributed by atoms with Gasteiger partial charge in [0.2, 0.25) is 0 Å². The molecule has 1 aromatic rings. The van der Waals surface area contributed by atoms with Crippen molar-refractivity contribution in [2.24, 2.45) is 5.73 Å². The van der Waals surface area contributed by atoms with Crippen molar-refractivity contribution in [3.05, 3.63) is 29.3 Å². The highest BCUT2D eigenvalue weighted by atomic mass is 32.1. The van der Waals surface area contributed by atoms with E-state index in [9.17, 15) is 9.59 Å². The fraction of sp³-hybridized carbons (Fsp3) is 0.357. The highest BCUT2D eigenvalue weighted by molar-refractivity contribution is 7.80. The van der Waals surface area contributed by atoms with E-state index in [-0.39, 0.29) is 11.5 Å². The van der Waals surface area contributed by atoms with E-state index >= 15 is 0 Å². The molecule has 1 heterocycles. The van der Waals surface area contributed by atoms with Gasteiger partial charge in [-0.1, -0.05) is 12.2 Å². The third kappa shape index (κ3) is 3.13. The second-order valence-electron chi connectivity index (χ2n) is 4.84. The molecule has 0 unspecified atom stereocenters. The number of piperazine rings is 1. The van der Waals surface area contributed by atoms with Gasteiger partial charge >= 0.3 is 11.8 Å². The van der Waals surface area contributed by atoms with Gasteiger partial charge in [-0.15, -0.1) is 0 Å². The van der Waals surface area contributed by atoms with E-state index in [1.54, 1.807) is 32.4 Å². The molecule has 0 spiro atoms. The first-order valence-corrected chi connectivity index (χ1v) is 6.86. The molecule has 1 aliphatic heterocycles. The Morgan fingerprint density at radius 2 is 2.05 bits per heavy atom. The summed E-state index contributed by atoms with van der Waals surface area (Å²) in [6.45, 7) is 1.29. The van der Waals surface area contributed by atoms with Crippen molar-refractivity contribution in [2.75, 3.05) is 27.2 Å². The first-order chi connectivity index (χ1) is 9.93. The van der Waals surface area contributed by atoms with Gasteiger partial charge < -0.3 is 20.3 Å². The second-order valence-corrected chi connectivity index (χ2v) is 5.28. The van der Waals surface area contributed by atoms with E-state index in [2.05, 4.69) is 0 Å². The van der Waals surface area contributed by atoms with Crippen molar-refractivity contribution >= 4 is 29.0 Å². The van der Waals surface area contributed by atoms with Crippen LogP contribution in [0.1, 0.15) is 11.1 Å². The largest absolute Gasteiger partial charge is 0.496 e. The molecule has 0 bridgehead atoms. The van der Waals surface area contributed by atoms with Gasteiger partial charge in [0.1, 0.15) is 10.7 Å².